The van der Waals surface area contributed by atoms with E-state index in [-0.39, 0.29) is 72.6 Å². The summed E-state index contributed by atoms with van der Waals surface area (Å²) in [6.07, 6.45) is 6.90. The molecule has 0 spiro atoms. The van der Waals surface area contributed by atoms with Crippen LogP contribution in [0.4, 0.5) is 4.79 Å². The maximum atomic E-state index is 13.0. The Kier molecular flexibility index (Phi) is 25.4. The Balaban J connectivity index is 0. The van der Waals surface area contributed by atoms with Crippen molar-refractivity contribution in [1.29, 1.82) is 0 Å². The monoisotopic (exact) mass is 861 g/mol. The number of rotatable bonds is 22. The van der Waals surface area contributed by atoms with Crippen LogP contribution in [0.5, 0.6) is 0 Å². The molecule has 0 aliphatic carbocycles. The summed E-state index contributed by atoms with van der Waals surface area (Å²) >= 11 is 0. The van der Waals surface area contributed by atoms with Crippen LogP contribution >= 0.6 is 0 Å². The van der Waals surface area contributed by atoms with E-state index < -0.39 is 11.9 Å². The number of benzene rings is 1. The third kappa shape index (κ3) is 20.6. The summed E-state index contributed by atoms with van der Waals surface area (Å²) < 4.78 is 0. The molecule has 2 unspecified atom stereocenters. The molecule has 0 radical (unpaired) electrons. The molecule has 4 atom stereocenters. The number of nitrogens with one attached hydrogen (secondary N) is 1. The Morgan fingerprint density at radius 2 is 1.50 bits per heavy atom. The second-order valence-corrected chi connectivity index (χ2v) is 12.8. The number of ketones is 3. The van der Waals surface area contributed by atoms with E-state index in [9.17, 15) is 24.0 Å². The molecule has 0 aliphatic rings. The smallest absolute Gasteiger partial charge is 0.542 e. The molecule has 0 aliphatic heterocycles. The zero-order valence-corrected chi connectivity index (χ0v) is 33.2. The van der Waals surface area contributed by atoms with E-state index in [2.05, 4.69) is 44.4 Å². The van der Waals surface area contributed by atoms with Crippen LogP contribution in [0.2, 0.25) is 0 Å². The molecule has 0 aromatic heterocycles. The summed E-state index contributed by atoms with van der Waals surface area (Å²) in [6, 6.07) is 7.15. The minimum absolute atomic E-state index is 0. The number of hydrogen-bond donors (Lipinski definition) is 2. The first-order valence-corrected chi connectivity index (χ1v) is 16.1. The number of amides is 2. The topological polar surface area (TPSA) is 136 Å². The van der Waals surface area contributed by atoms with Gasteiger partial charge in [0.2, 0.25) is 0 Å². The van der Waals surface area contributed by atoms with Gasteiger partial charge in [0.25, 0.3) is 0 Å². The maximum Gasteiger partial charge on any atom is 2.00 e. The number of aryl methyl sites for hydroxylation is 1. The van der Waals surface area contributed by atoms with Crippen LogP contribution in [-0.2, 0) is 25.6 Å². The largest absolute Gasteiger partial charge is 2.00 e. The van der Waals surface area contributed by atoms with Crippen LogP contribution in [0, 0.1) is 73.5 Å². The quantitative estimate of drug-likeness (QED) is 0.0734. The van der Waals surface area contributed by atoms with E-state index in [1.54, 1.807) is 0 Å². The molecule has 3 N–H and O–H groups in total. The predicted octanol–water partition coefficient (Wildman–Crippen LogP) is 7.03. The van der Waals surface area contributed by atoms with Crippen molar-refractivity contribution in [3.8, 4) is 0 Å². The van der Waals surface area contributed by atoms with Crippen molar-refractivity contribution in [2.75, 3.05) is 6.54 Å². The third-order valence-electron chi connectivity index (χ3n) is 8.19. The van der Waals surface area contributed by atoms with Gasteiger partial charge in [-0.1, -0.05) is 53.2 Å². The standard InChI is InChI=1S/C25H37N2O4.C12H20NO.U/c1-17(2)22(13-9-19(4)28)24(30)16-21(6-5-15-27-25(26)31)23(29)14-12-20-10-7-18(3)8-11-20;1-9(2)12(11(4)13-5)7-6-10(3)8-14;/h7-8,10-11,17,21-22H,3,5-6,9,12-16H2,1-2,4H3,(H3,26,27,31);9-10,12H,4-7H2,1-3H3;/q2*-1;+2/t21-,22?;10?,12-;/m10./s1. The van der Waals surface area contributed by atoms with Gasteiger partial charge in [-0.3, -0.25) is 20.9 Å². The van der Waals surface area contributed by atoms with Crippen LogP contribution in [-0.4, -0.2) is 42.9 Å². The summed E-state index contributed by atoms with van der Waals surface area (Å²) in [5, 5.41) is 2.53. The van der Waals surface area contributed by atoms with E-state index >= 15 is 0 Å². The Bertz CT molecular complexity index is 1100. The molecular formula is C37H57N3O5U. The molecule has 9 heteroatoms. The molecule has 0 saturated heterocycles. The Morgan fingerprint density at radius 3 is 1.98 bits per heavy atom. The minimum atomic E-state index is -0.600. The first kappa shape index (κ1) is 45.6. The molecule has 0 fully saturated rings. The van der Waals surface area contributed by atoms with E-state index in [4.69, 9.17) is 5.73 Å². The summed E-state index contributed by atoms with van der Waals surface area (Å²) in [5.41, 5.74) is 7.91. The number of urea groups is 1. The molecule has 254 valence electrons. The zero-order valence-electron chi connectivity index (χ0n) is 29.0. The number of primary amides is 1. The van der Waals surface area contributed by atoms with E-state index in [0.717, 1.165) is 29.7 Å². The van der Waals surface area contributed by atoms with Gasteiger partial charge >= 0.3 is 37.1 Å². The maximum absolute atomic E-state index is 13.0. The second-order valence-electron chi connectivity index (χ2n) is 12.8. The predicted molar refractivity (Wildman–Crippen MR) is 184 cm³/mol. The fourth-order valence-corrected chi connectivity index (χ4v) is 5.22. The molecule has 0 heterocycles. The van der Waals surface area contributed by atoms with Crippen LogP contribution < -0.4 is 11.1 Å². The minimum Gasteiger partial charge on any atom is -0.542 e. The molecular weight excluding hydrogens is 804 g/mol. The van der Waals surface area contributed by atoms with Gasteiger partial charge in [0.1, 0.15) is 17.3 Å². The van der Waals surface area contributed by atoms with Gasteiger partial charge in [-0.25, -0.2) is 4.79 Å². The van der Waals surface area contributed by atoms with Crippen molar-refractivity contribution in [3.05, 3.63) is 54.6 Å². The van der Waals surface area contributed by atoms with E-state index in [1.165, 1.54) is 6.92 Å². The van der Waals surface area contributed by atoms with Crippen molar-refractivity contribution in [2.24, 2.45) is 46.2 Å². The Hall–Kier alpha value is -2.50. The Morgan fingerprint density at radius 1 is 0.913 bits per heavy atom. The first-order chi connectivity index (χ1) is 21.1. The molecule has 1 rings (SSSR count). The summed E-state index contributed by atoms with van der Waals surface area (Å²) in [7, 11) is 0. The van der Waals surface area contributed by atoms with Gasteiger partial charge in [0.05, 0.1) is 0 Å². The number of nitrogens with zero attached hydrogens (tertiary/aromatic N) is 1. The average Bonchev–Trinajstić information content (AvgIpc) is 2.97. The van der Waals surface area contributed by atoms with Gasteiger partial charge in [-0.05, 0) is 57.6 Å². The first-order valence-electron chi connectivity index (χ1n) is 16.1. The number of Topliss-reactive ketones (excluding diaryl/α,β-unsaturated/α-hetero) is 3. The van der Waals surface area contributed by atoms with Gasteiger partial charge in [-0.2, -0.15) is 24.6 Å². The van der Waals surface area contributed by atoms with Crippen molar-refractivity contribution in [2.45, 2.75) is 99.3 Å². The van der Waals surface area contributed by atoms with Crippen molar-refractivity contribution in [3.63, 3.8) is 0 Å². The number of hydrogen-bond acceptors (Lipinski definition) is 6. The molecule has 0 bridgehead atoms. The van der Waals surface area contributed by atoms with Crippen molar-refractivity contribution < 1.29 is 55.1 Å². The van der Waals surface area contributed by atoms with Gasteiger partial charge in [0.15, 0.2) is 0 Å². The fourth-order valence-electron chi connectivity index (χ4n) is 5.22. The molecule has 8 nitrogen and oxygen atoms in total. The van der Waals surface area contributed by atoms with E-state index in [1.807, 2.05) is 51.3 Å². The third-order valence-corrected chi connectivity index (χ3v) is 8.19. The van der Waals surface area contributed by atoms with E-state index in [0.29, 0.717) is 56.9 Å². The van der Waals surface area contributed by atoms with Gasteiger partial charge < -0.3 is 20.6 Å². The molecule has 1 aromatic rings. The number of allylic oxidation sites excluding steroid dienone is 1. The molecule has 46 heavy (non-hydrogen) atoms. The number of nitrogens with two attached hydrogens (primary N) is 1. The van der Waals surface area contributed by atoms with Crippen LogP contribution in [0.15, 0.2) is 41.5 Å². The fraction of sp³-hybridized carbons (Fsp3) is 0.595. The van der Waals surface area contributed by atoms with Crippen molar-refractivity contribution in [1.82, 2.24) is 5.32 Å². The van der Waals surface area contributed by atoms with Crippen LogP contribution in [0.3, 0.4) is 0 Å². The van der Waals surface area contributed by atoms with Crippen LogP contribution in [0.1, 0.15) is 104 Å². The summed E-state index contributed by atoms with van der Waals surface area (Å²) in [6.45, 7) is 23.2. The van der Waals surface area contributed by atoms with Crippen molar-refractivity contribution >= 4 is 36.4 Å². The summed E-state index contributed by atoms with van der Waals surface area (Å²) in [5.74, 6) is 0.487. The number of carbonyl (C=O) groups excluding carboxylic acids is 5. The molecule has 0 saturated carbocycles. The average molecular weight is 862 g/mol. The molecule has 2 amide bonds. The number of aliphatic imine (C=N–C) groups is 1. The van der Waals surface area contributed by atoms with Crippen LogP contribution in [0.25, 0.3) is 0 Å². The second kappa shape index (κ2) is 25.6. The molecule has 1 aromatic carbocycles. The number of carbonyl (C=O) groups is 4. The van der Waals surface area contributed by atoms with Gasteiger partial charge in [-0.15, -0.1) is 18.1 Å². The SMILES string of the molecule is C=NC(=C)[C@@H](CCC(C)[C-]=O)C(C)C.[CH2-]c1ccc(CCC(=O)[C@H](CCCNC(N)=O)CC(=O)C(CCC(C)=O)C(C)C)cc1.[U+2]. The normalized spacial score (nSPS) is 13.2. The summed E-state index contributed by atoms with van der Waals surface area (Å²) in [4.78, 5) is 62.5. The Labute approximate surface area is 302 Å². The zero-order chi connectivity index (χ0) is 34.5. The van der Waals surface area contributed by atoms with Gasteiger partial charge in [0, 0.05) is 49.3 Å².